The van der Waals surface area contributed by atoms with Gasteiger partial charge < -0.3 is 16.4 Å². The van der Waals surface area contributed by atoms with Crippen molar-refractivity contribution in [2.24, 2.45) is 5.73 Å². The first-order valence-electron chi connectivity index (χ1n) is 5.01. The third-order valence-electron chi connectivity index (χ3n) is 2.99. The van der Waals surface area contributed by atoms with E-state index in [-0.39, 0.29) is 30.7 Å². The monoisotopic (exact) mass is 255 g/mol. The summed E-state index contributed by atoms with van der Waals surface area (Å²) in [6, 6.07) is 0.547. The van der Waals surface area contributed by atoms with Crippen molar-refractivity contribution in [3.05, 3.63) is 0 Å². The van der Waals surface area contributed by atoms with Gasteiger partial charge in [-0.15, -0.1) is 24.8 Å². The number of carbonyl (C=O) groups is 1. The molecule has 1 amide bonds. The average Bonchev–Trinajstić information content (AvgIpc) is 2.90. The van der Waals surface area contributed by atoms with Crippen LogP contribution in [0.15, 0.2) is 0 Å². The number of amides is 1. The maximum absolute atomic E-state index is 11.4. The van der Waals surface area contributed by atoms with Crippen LogP contribution in [0.2, 0.25) is 0 Å². The van der Waals surface area contributed by atoms with E-state index in [1.54, 1.807) is 0 Å². The van der Waals surface area contributed by atoms with Crippen molar-refractivity contribution in [2.45, 2.75) is 37.3 Å². The van der Waals surface area contributed by atoms with Crippen LogP contribution in [0.3, 0.4) is 0 Å². The van der Waals surface area contributed by atoms with Crippen LogP contribution in [0.4, 0.5) is 0 Å². The summed E-state index contributed by atoms with van der Waals surface area (Å²) in [5.74, 6) is -0.180. The number of carbonyl (C=O) groups excluding carboxylic acids is 1. The minimum absolute atomic E-state index is 0. The summed E-state index contributed by atoms with van der Waals surface area (Å²) in [6.45, 7) is 1.78. The Morgan fingerprint density at radius 3 is 2.20 bits per heavy atom. The number of primary amides is 1. The van der Waals surface area contributed by atoms with Crippen molar-refractivity contribution in [3.8, 4) is 0 Å². The van der Waals surface area contributed by atoms with Crippen LogP contribution in [-0.4, -0.2) is 30.6 Å². The van der Waals surface area contributed by atoms with Crippen LogP contribution in [0.5, 0.6) is 0 Å². The molecule has 0 unspecified atom stereocenters. The van der Waals surface area contributed by atoms with E-state index in [1.165, 1.54) is 12.8 Å². The van der Waals surface area contributed by atoms with E-state index in [0.717, 1.165) is 25.9 Å². The number of halogens is 2. The molecular formula is C9H19Cl2N3O. The number of hydrogen-bond acceptors (Lipinski definition) is 3. The summed E-state index contributed by atoms with van der Waals surface area (Å²) in [5, 5.41) is 6.63. The summed E-state index contributed by atoms with van der Waals surface area (Å²) in [7, 11) is 0. The van der Waals surface area contributed by atoms with E-state index in [4.69, 9.17) is 5.73 Å². The standard InChI is InChI=1S/C9H17N3O.2ClH/c10-8(13)9(12-7-1-2-7)3-5-11-6-4-9;;/h7,11-12H,1-6H2,(H2,10,13);2*1H. The van der Waals surface area contributed by atoms with Crippen LogP contribution in [0.25, 0.3) is 0 Å². The maximum atomic E-state index is 11.4. The van der Waals surface area contributed by atoms with Gasteiger partial charge in [-0.25, -0.2) is 0 Å². The molecule has 90 valence electrons. The highest BCUT2D eigenvalue weighted by molar-refractivity contribution is 5.86. The highest BCUT2D eigenvalue weighted by atomic mass is 35.5. The number of nitrogens with two attached hydrogens (primary N) is 1. The number of hydrogen-bond donors (Lipinski definition) is 3. The fraction of sp³-hybridized carbons (Fsp3) is 0.889. The summed E-state index contributed by atoms with van der Waals surface area (Å²) < 4.78 is 0. The Bertz CT molecular complexity index is 215. The van der Waals surface area contributed by atoms with Crippen LogP contribution in [-0.2, 0) is 4.79 Å². The van der Waals surface area contributed by atoms with Gasteiger partial charge in [0.15, 0.2) is 0 Å². The van der Waals surface area contributed by atoms with Gasteiger partial charge in [0.05, 0.1) is 0 Å². The molecule has 0 aromatic carbocycles. The molecule has 2 rings (SSSR count). The fourth-order valence-electron chi connectivity index (χ4n) is 1.93. The van der Waals surface area contributed by atoms with Crippen molar-refractivity contribution in [3.63, 3.8) is 0 Å². The lowest BCUT2D eigenvalue weighted by Crippen LogP contribution is -2.60. The average molecular weight is 256 g/mol. The van der Waals surface area contributed by atoms with Crippen LogP contribution in [0.1, 0.15) is 25.7 Å². The lowest BCUT2D eigenvalue weighted by atomic mass is 9.87. The Morgan fingerprint density at radius 1 is 1.27 bits per heavy atom. The molecule has 0 aromatic heterocycles. The number of rotatable bonds is 3. The molecule has 1 heterocycles. The molecule has 4 nitrogen and oxygen atoms in total. The second-order valence-electron chi connectivity index (χ2n) is 4.11. The SMILES string of the molecule is Cl.Cl.NC(=O)C1(NC2CC2)CCNCC1. The third kappa shape index (κ3) is 3.48. The third-order valence-corrected chi connectivity index (χ3v) is 2.99. The molecule has 2 fully saturated rings. The van der Waals surface area contributed by atoms with Crippen LogP contribution < -0.4 is 16.4 Å². The highest BCUT2D eigenvalue weighted by Gasteiger charge is 2.41. The Hall–Kier alpha value is -0.0300. The first kappa shape index (κ1) is 15.0. The summed E-state index contributed by atoms with van der Waals surface area (Å²) in [6.07, 6.45) is 4.06. The molecule has 1 saturated heterocycles. The molecule has 15 heavy (non-hydrogen) atoms. The molecule has 2 aliphatic rings. The molecule has 0 spiro atoms. The van der Waals surface area contributed by atoms with E-state index in [0.29, 0.717) is 6.04 Å². The van der Waals surface area contributed by atoms with Crippen LogP contribution in [0, 0.1) is 0 Å². The summed E-state index contributed by atoms with van der Waals surface area (Å²) in [4.78, 5) is 11.4. The summed E-state index contributed by atoms with van der Waals surface area (Å²) in [5.41, 5.74) is 5.04. The van der Waals surface area contributed by atoms with E-state index < -0.39 is 5.54 Å². The smallest absolute Gasteiger partial charge is 0.237 e. The maximum Gasteiger partial charge on any atom is 0.237 e. The van der Waals surface area contributed by atoms with Gasteiger partial charge in [-0.2, -0.15) is 0 Å². The van der Waals surface area contributed by atoms with Gasteiger partial charge in [0, 0.05) is 6.04 Å². The van der Waals surface area contributed by atoms with E-state index >= 15 is 0 Å². The normalized spacial score (nSPS) is 23.5. The quantitative estimate of drug-likeness (QED) is 0.675. The largest absolute Gasteiger partial charge is 0.368 e. The molecule has 0 atom stereocenters. The van der Waals surface area contributed by atoms with Crippen LogP contribution >= 0.6 is 24.8 Å². The predicted octanol–water partition coefficient (Wildman–Crippen LogP) is 0.190. The molecule has 0 radical (unpaired) electrons. The molecule has 0 aromatic rings. The molecule has 1 aliphatic carbocycles. The van der Waals surface area contributed by atoms with E-state index in [1.807, 2.05) is 0 Å². The Kier molecular flexibility index (Phi) is 5.88. The van der Waals surface area contributed by atoms with Gasteiger partial charge in [0.2, 0.25) is 5.91 Å². The highest BCUT2D eigenvalue weighted by Crippen LogP contribution is 2.26. The van der Waals surface area contributed by atoms with Gasteiger partial charge in [0.25, 0.3) is 0 Å². The zero-order chi connectivity index (χ0) is 9.31. The number of piperidine rings is 1. The second kappa shape index (κ2) is 5.89. The van der Waals surface area contributed by atoms with Gasteiger partial charge in [-0.3, -0.25) is 4.79 Å². The van der Waals surface area contributed by atoms with Gasteiger partial charge in [0.1, 0.15) is 5.54 Å². The van der Waals surface area contributed by atoms with Gasteiger partial charge >= 0.3 is 0 Å². The molecule has 1 aliphatic heterocycles. The zero-order valence-corrected chi connectivity index (χ0v) is 10.3. The fourth-order valence-corrected chi connectivity index (χ4v) is 1.93. The van der Waals surface area contributed by atoms with Crippen molar-refractivity contribution >= 4 is 30.7 Å². The first-order chi connectivity index (χ1) is 6.23. The van der Waals surface area contributed by atoms with E-state index in [2.05, 4.69) is 10.6 Å². The molecule has 0 bridgehead atoms. The molecule has 6 heteroatoms. The number of nitrogens with one attached hydrogen (secondary N) is 2. The topological polar surface area (TPSA) is 67.2 Å². The molecule has 1 saturated carbocycles. The van der Waals surface area contributed by atoms with Crippen molar-refractivity contribution in [2.75, 3.05) is 13.1 Å². The Labute approximate surface area is 103 Å². The lowest BCUT2D eigenvalue weighted by Gasteiger charge is -2.35. The predicted molar refractivity (Wildman–Crippen MR) is 64.7 cm³/mol. The molecular weight excluding hydrogens is 237 g/mol. The minimum Gasteiger partial charge on any atom is -0.368 e. The van der Waals surface area contributed by atoms with Crippen molar-refractivity contribution in [1.29, 1.82) is 0 Å². The Morgan fingerprint density at radius 2 is 1.80 bits per heavy atom. The van der Waals surface area contributed by atoms with Crippen molar-refractivity contribution < 1.29 is 4.79 Å². The van der Waals surface area contributed by atoms with Gasteiger partial charge in [-0.1, -0.05) is 0 Å². The second-order valence-corrected chi connectivity index (χ2v) is 4.11. The van der Waals surface area contributed by atoms with E-state index in [9.17, 15) is 4.79 Å². The Balaban J connectivity index is 0.000000980. The van der Waals surface area contributed by atoms with Gasteiger partial charge in [-0.05, 0) is 38.8 Å². The zero-order valence-electron chi connectivity index (χ0n) is 8.62. The van der Waals surface area contributed by atoms with Crippen molar-refractivity contribution in [1.82, 2.24) is 10.6 Å². The summed E-state index contributed by atoms with van der Waals surface area (Å²) >= 11 is 0. The minimum atomic E-state index is -0.410. The first-order valence-corrected chi connectivity index (χ1v) is 5.01. The molecule has 4 N–H and O–H groups in total. The lowest BCUT2D eigenvalue weighted by molar-refractivity contribution is -0.125.